The van der Waals surface area contributed by atoms with Crippen LogP contribution in [0.5, 0.6) is 5.75 Å². The van der Waals surface area contributed by atoms with E-state index in [4.69, 9.17) is 14.6 Å². The van der Waals surface area contributed by atoms with E-state index in [0.717, 1.165) is 66.5 Å². The number of esters is 1. The Bertz CT molecular complexity index is 1010. The molecule has 1 aliphatic heterocycles. The molecule has 0 fully saturated rings. The minimum Gasteiger partial charge on any atom is -0.483 e. The number of hydrogen-bond donors (Lipinski definition) is 2. The summed E-state index contributed by atoms with van der Waals surface area (Å²) in [5.74, 6) is -0.662. The van der Waals surface area contributed by atoms with Crippen LogP contribution in [0, 0.1) is 20.8 Å². The molecule has 0 saturated carbocycles. The number of carboxylic acids is 1. The predicted molar refractivity (Wildman–Crippen MR) is 135 cm³/mol. The summed E-state index contributed by atoms with van der Waals surface area (Å²) in [5, 5.41) is 8.90. The molecule has 1 aromatic rings. The molecule has 1 heterocycles. The Balaban J connectivity index is 1.99. The molecule has 35 heavy (non-hydrogen) atoms. The van der Waals surface area contributed by atoms with Gasteiger partial charge in [0.1, 0.15) is 17.5 Å². The van der Waals surface area contributed by atoms with E-state index >= 15 is 0 Å². The topological polar surface area (TPSA) is 119 Å². The lowest BCUT2D eigenvalue weighted by Crippen LogP contribution is -2.51. The summed E-state index contributed by atoms with van der Waals surface area (Å²) >= 11 is 0. The van der Waals surface area contributed by atoms with Gasteiger partial charge in [-0.05, 0) is 63.6 Å². The molecule has 0 radical (unpaired) electrons. The number of fused-ring (bicyclic) bond motifs is 1. The van der Waals surface area contributed by atoms with Gasteiger partial charge < -0.3 is 14.6 Å². The van der Waals surface area contributed by atoms with Crippen molar-refractivity contribution in [2.24, 2.45) is 0 Å². The molecule has 1 unspecified atom stereocenters. The van der Waals surface area contributed by atoms with E-state index in [1.54, 1.807) is 0 Å². The van der Waals surface area contributed by atoms with Gasteiger partial charge in [0.15, 0.2) is 0 Å². The van der Waals surface area contributed by atoms with Crippen LogP contribution in [0.2, 0.25) is 0 Å². The second-order valence-electron chi connectivity index (χ2n) is 9.97. The predicted octanol–water partition coefficient (Wildman–Crippen LogP) is 4.36. The Hall–Kier alpha value is -2.13. The molecule has 8 nitrogen and oxygen atoms in total. The molecule has 9 heteroatoms. The van der Waals surface area contributed by atoms with Crippen LogP contribution in [-0.4, -0.2) is 50.0 Å². The Morgan fingerprint density at radius 3 is 2.34 bits per heavy atom. The second-order valence-corrected chi connectivity index (χ2v) is 11.8. The molecule has 2 rings (SSSR count). The van der Waals surface area contributed by atoms with Crippen molar-refractivity contribution in [1.29, 1.82) is 0 Å². The van der Waals surface area contributed by atoms with Crippen LogP contribution in [-0.2, 0) is 30.8 Å². The van der Waals surface area contributed by atoms with Gasteiger partial charge in [0, 0.05) is 18.5 Å². The summed E-state index contributed by atoms with van der Waals surface area (Å²) in [6.45, 7) is 8.60. The van der Waals surface area contributed by atoms with E-state index < -0.39 is 33.7 Å². The smallest absolute Gasteiger partial charge is 0.306 e. The highest BCUT2D eigenvalue weighted by atomic mass is 32.2. The molecule has 0 amide bonds. The van der Waals surface area contributed by atoms with Crippen molar-refractivity contribution in [2.75, 3.05) is 12.8 Å². The van der Waals surface area contributed by atoms with Gasteiger partial charge in [0.2, 0.25) is 10.0 Å². The summed E-state index contributed by atoms with van der Waals surface area (Å²) < 4.78 is 37.1. The minimum atomic E-state index is -3.13. The maximum atomic E-state index is 12.4. The highest BCUT2D eigenvalue weighted by molar-refractivity contribution is 7.88. The van der Waals surface area contributed by atoms with Crippen LogP contribution in [0.15, 0.2) is 6.07 Å². The maximum Gasteiger partial charge on any atom is 0.306 e. The van der Waals surface area contributed by atoms with Crippen LogP contribution in [0.1, 0.15) is 87.0 Å². The van der Waals surface area contributed by atoms with Crippen molar-refractivity contribution in [3.8, 4) is 5.75 Å². The highest BCUT2D eigenvalue weighted by Crippen LogP contribution is 2.42. The number of unbranched alkanes of at least 4 members (excludes halogenated alkanes) is 5. The van der Waals surface area contributed by atoms with Crippen LogP contribution >= 0.6 is 0 Å². The number of carboxylic acid groups (broad SMARTS) is 1. The number of ether oxygens (including phenoxy) is 2. The average Bonchev–Trinajstić information content (AvgIpc) is 2.75. The van der Waals surface area contributed by atoms with Gasteiger partial charge in [0.25, 0.3) is 0 Å². The number of rotatable bonds is 14. The molecule has 1 aliphatic rings. The van der Waals surface area contributed by atoms with Crippen molar-refractivity contribution < 1.29 is 32.6 Å². The highest BCUT2D eigenvalue weighted by Gasteiger charge is 2.44. The second kappa shape index (κ2) is 12.7. The molecule has 198 valence electrons. The SMILES string of the molecule is Cc1cc(C)c2c(c1C)O[C@](C)(CCCCCCCCNS(C)(=O)=O)C(OC(=O)CCC(=O)O)C2. The number of benzene rings is 1. The lowest BCUT2D eigenvalue weighted by molar-refractivity contribution is -0.165. The van der Waals surface area contributed by atoms with E-state index in [9.17, 15) is 18.0 Å². The molecule has 2 N–H and O–H groups in total. The van der Waals surface area contributed by atoms with Crippen molar-refractivity contribution in [3.63, 3.8) is 0 Å². The quantitative estimate of drug-likeness (QED) is 0.281. The minimum absolute atomic E-state index is 0.158. The number of hydrogen-bond acceptors (Lipinski definition) is 6. The number of nitrogens with one attached hydrogen (secondary N) is 1. The summed E-state index contributed by atoms with van der Waals surface area (Å²) in [7, 11) is -3.13. The Labute approximate surface area is 209 Å². The molecular formula is C26H41NO7S. The Kier molecular flexibility index (Phi) is 10.6. The standard InChI is InChI=1S/C26H41NO7S/c1-18-16-19(2)21-17-22(33-24(30)13-12-23(28)29)26(4,34-25(21)20(18)3)14-10-8-6-7-9-11-15-27-35(5,31)32/h16,22,27H,6-15,17H2,1-5H3,(H,28,29)/t22?,26-/m1/s1. The van der Waals surface area contributed by atoms with E-state index in [2.05, 4.69) is 17.7 Å². The third-order valence-electron chi connectivity index (χ3n) is 6.80. The number of aryl methyl sites for hydroxylation is 2. The third kappa shape index (κ3) is 9.11. The van der Waals surface area contributed by atoms with E-state index in [0.29, 0.717) is 19.4 Å². The fraction of sp³-hybridized carbons (Fsp3) is 0.692. The van der Waals surface area contributed by atoms with Crippen LogP contribution in [0.25, 0.3) is 0 Å². The van der Waals surface area contributed by atoms with Crippen molar-refractivity contribution in [3.05, 3.63) is 28.3 Å². The van der Waals surface area contributed by atoms with Gasteiger partial charge >= 0.3 is 11.9 Å². The van der Waals surface area contributed by atoms with Crippen LogP contribution in [0.3, 0.4) is 0 Å². The van der Waals surface area contributed by atoms with E-state index in [1.807, 2.05) is 20.8 Å². The third-order valence-corrected chi connectivity index (χ3v) is 7.53. The largest absolute Gasteiger partial charge is 0.483 e. The first kappa shape index (κ1) is 29.1. The van der Waals surface area contributed by atoms with E-state index in [1.165, 1.54) is 6.26 Å². The molecule has 0 aromatic heterocycles. The fourth-order valence-electron chi connectivity index (χ4n) is 4.57. The van der Waals surface area contributed by atoms with Gasteiger partial charge in [-0.15, -0.1) is 0 Å². The van der Waals surface area contributed by atoms with Gasteiger partial charge in [-0.25, -0.2) is 13.1 Å². The Morgan fingerprint density at radius 1 is 1.09 bits per heavy atom. The lowest BCUT2D eigenvalue weighted by atomic mass is 9.82. The number of sulfonamides is 1. The summed E-state index contributed by atoms with van der Waals surface area (Å²) in [4.78, 5) is 23.3. The molecule has 1 aromatic carbocycles. The zero-order valence-corrected chi connectivity index (χ0v) is 22.6. The van der Waals surface area contributed by atoms with Crippen molar-refractivity contribution in [1.82, 2.24) is 4.72 Å². The first-order chi connectivity index (χ1) is 16.3. The van der Waals surface area contributed by atoms with Crippen LogP contribution < -0.4 is 9.46 Å². The lowest BCUT2D eigenvalue weighted by Gasteiger charge is -2.43. The molecule has 0 spiro atoms. The normalized spacial score (nSPS) is 19.6. The zero-order chi connectivity index (χ0) is 26.2. The van der Waals surface area contributed by atoms with E-state index in [-0.39, 0.29) is 12.8 Å². The summed E-state index contributed by atoms with van der Waals surface area (Å²) in [6, 6.07) is 2.12. The van der Waals surface area contributed by atoms with Gasteiger partial charge in [-0.2, -0.15) is 0 Å². The molecule has 0 saturated heterocycles. The number of carbonyl (C=O) groups excluding carboxylic acids is 1. The van der Waals surface area contributed by atoms with Gasteiger partial charge in [0.05, 0.1) is 19.1 Å². The summed E-state index contributed by atoms with van der Waals surface area (Å²) in [5.41, 5.74) is 3.70. The fourth-order valence-corrected chi connectivity index (χ4v) is 5.08. The Morgan fingerprint density at radius 2 is 1.71 bits per heavy atom. The number of carbonyl (C=O) groups is 2. The molecule has 0 aliphatic carbocycles. The first-order valence-corrected chi connectivity index (χ1v) is 14.4. The number of aliphatic carboxylic acids is 1. The zero-order valence-electron chi connectivity index (χ0n) is 21.7. The summed E-state index contributed by atoms with van der Waals surface area (Å²) in [6.07, 6.45) is 7.27. The monoisotopic (exact) mass is 511 g/mol. The van der Waals surface area contributed by atoms with Crippen molar-refractivity contribution >= 4 is 22.0 Å². The molecule has 0 bridgehead atoms. The first-order valence-electron chi connectivity index (χ1n) is 12.5. The molecular weight excluding hydrogens is 470 g/mol. The van der Waals surface area contributed by atoms with Gasteiger partial charge in [-0.1, -0.05) is 31.7 Å². The van der Waals surface area contributed by atoms with Crippen molar-refractivity contribution in [2.45, 2.75) is 104 Å². The van der Waals surface area contributed by atoms with Crippen LogP contribution in [0.4, 0.5) is 0 Å². The molecule has 2 atom stereocenters. The average molecular weight is 512 g/mol. The van der Waals surface area contributed by atoms with Gasteiger partial charge in [-0.3, -0.25) is 9.59 Å². The maximum absolute atomic E-state index is 12.4.